The number of benzene rings is 4. The molecule has 0 spiro atoms. The second-order valence-corrected chi connectivity index (χ2v) is 16.4. The monoisotopic (exact) mass is 754 g/mol. The van der Waals surface area contributed by atoms with Crippen LogP contribution in [0, 0.1) is 5.82 Å². The van der Waals surface area contributed by atoms with E-state index in [1.54, 1.807) is 26.2 Å². The Morgan fingerprint density at radius 1 is 0.788 bits per heavy atom. The van der Waals surface area contributed by atoms with Crippen molar-refractivity contribution in [2.45, 2.75) is 57.6 Å². The van der Waals surface area contributed by atoms with E-state index in [1.807, 2.05) is 37.8 Å². The summed E-state index contributed by atoms with van der Waals surface area (Å²) in [5.41, 5.74) is 2.98. The summed E-state index contributed by atoms with van der Waals surface area (Å²) >= 11 is 1.95. The Balaban J connectivity index is 0.000000217. The molecule has 0 aromatic heterocycles. The summed E-state index contributed by atoms with van der Waals surface area (Å²) in [5.74, 6) is 2.05. The summed E-state index contributed by atoms with van der Waals surface area (Å²) in [5, 5.41) is 6.79. The van der Waals surface area contributed by atoms with Gasteiger partial charge in [-0.15, -0.1) is 0 Å². The lowest BCUT2D eigenvalue weighted by Crippen LogP contribution is -2.32. The molecule has 0 unspecified atom stereocenters. The molecule has 0 fully saturated rings. The minimum absolute atomic E-state index is 0.111. The molecule has 6 rings (SSSR count). The Bertz CT molecular complexity index is 2090. The second kappa shape index (κ2) is 15.3. The molecule has 52 heavy (non-hydrogen) atoms. The van der Waals surface area contributed by atoms with Crippen molar-refractivity contribution in [1.82, 2.24) is 0 Å². The predicted octanol–water partition coefficient (Wildman–Crippen LogP) is 10.6. The third-order valence-electron chi connectivity index (χ3n) is 8.40. The van der Waals surface area contributed by atoms with Gasteiger partial charge in [-0.2, -0.15) is 33.4 Å². The van der Waals surface area contributed by atoms with E-state index in [2.05, 4.69) is 77.2 Å². The molecular weight excluding hydrogens is 713 g/mol. The smallest absolute Gasteiger partial charge is 0.496 e. The van der Waals surface area contributed by atoms with Crippen LogP contribution in [-0.2, 0) is 16.5 Å². The van der Waals surface area contributed by atoms with Crippen LogP contribution in [-0.4, -0.2) is 43.6 Å². The molecular formula is C40H42F4N2O4S2. The molecule has 2 aliphatic rings. The highest BCUT2D eigenvalue weighted by atomic mass is 32.2. The maximum absolute atomic E-state index is 13.9. The van der Waals surface area contributed by atoms with Gasteiger partial charge in [0.15, 0.2) is 0 Å². The number of anilines is 2. The van der Waals surface area contributed by atoms with Crippen LogP contribution in [0.5, 0.6) is 11.5 Å². The molecule has 0 radical (unpaired) electrons. The average molecular weight is 755 g/mol. The van der Waals surface area contributed by atoms with Crippen LogP contribution in [0.25, 0.3) is 22.3 Å². The van der Waals surface area contributed by atoms with Crippen molar-refractivity contribution in [3.63, 3.8) is 0 Å². The van der Waals surface area contributed by atoms with Gasteiger partial charge >= 0.3 is 15.6 Å². The zero-order chi connectivity index (χ0) is 37.9. The van der Waals surface area contributed by atoms with E-state index in [0.29, 0.717) is 17.0 Å². The van der Waals surface area contributed by atoms with Gasteiger partial charge in [-0.1, -0.05) is 48.6 Å². The fourth-order valence-corrected chi connectivity index (χ4v) is 7.65. The van der Waals surface area contributed by atoms with Crippen molar-refractivity contribution < 1.29 is 34.9 Å². The van der Waals surface area contributed by atoms with Gasteiger partial charge in [-0.25, -0.2) is 4.39 Å². The number of nitrogens with one attached hydrogen (secondary N) is 2. The number of hydrogen-bond donors (Lipinski definition) is 2. The molecule has 0 atom stereocenters. The molecule has 4 aromatic carbocycles. The molecule has 12 heteroatoms. The Morgan fingerprint density at radius 3 is 2.12 bits per heavy atom. The van der Waals surface area contributed by atoms with Gasteiger partial charge in [0.05, 0.1) is 18.2 Å². The number of fused-ring (bicyclic) bond motifs is 2. The molecule has 276 valence electrons. The number of hydrogen-bond acceptors (Lipinski definition) is 7. The van der Waals surface area contributed by atoms with Crippen LogP contribution in [0.3, 0.4) is 0 Å². The first kappa shape index (κ1) is 38.8. The van der Waals surface area contributed by atoms with Crippen molar-refractivity contribution in [1.29, 1.82) is 0 Å². The van der Waals surface area contributed by atoms with Crippen LogP contribution in [0.15, 0.2) is 97.1 Å². The fourth-order valence-electron chi connectivity index (χ4n) is 6.21. The predicted molar refractivity (Wildman–Crippen MR) is 205 cm³/mol. The highest BCUT2D eigenvalue weighted by Gasteiger charge is 2.48. The summed E-state index contributed by atoms with van der Waals surface area (Å²) in [6.07, 6.45) is 5.28. The Morgan fingerprint density at radius 2 is 1.44 bits per heavy atom. The summed E-state index contributed by atoms with van der Waals surface area (Å²) in [4.78, 5) is 0. The molecule has 0 saturated heterocycles. The Kier molecular flexibility index (Phi) is 11.4. The summed E-state index contributed by atoms with van der Waals surface area (Å²) < 4.78 is 82.4. The summed E-state index contributed by atoms with van der Waals surface area (Å²) in [6.45, 7) is 10.1. The number of aryl methyl sites for hydroxylation is 1. The number of alkyl halides is 3. The maximum atomic E-state index is 13.9. The number of thioether (sulfide) groups is 1. The molecule has 0 aliphatic carbocycles. The quantitative estimate of drug-likeness (QED) is 0.0763. The maximum Gasteiger partial charge on any atom is 0.534 e. The molecule has 0 saturated carbocycles. The van der Waals surface area contributed by atoms with Gasteiger partial charge in [0, 0.05) is 33.8 Å². The number of rotatable bonds is 9. The van der Waals surface area contributed by atoms with E-state index in [1.165, 1.54) is 41.0 Å². The third-order valence-corrected chi connectivity index (χ3v) is 10.4. The minimum atomic E-state index is -5.66. The highest BCUT2D eigenvalue weighted by molar-refractivity contribution is 7.99. The largest absolute Gasteiger partial charge is 0.534 e. The zero-order valence-corrected chi connectivity index (χ0v) is 31.5. The summed E-state index contributed by atoms with van der Waals surface area (Å²) in [6, 6.07) is 25.5. The summed E-state index contributed by atoms with van der Waals surface area (Å²) in [7, 11) is -4.04. The highest BCUT2D eigenvalue weighted by Crippen LogP contribution is 2.40. The molecule has 2 aliphatic heterocycles. The zero-order valence-electron chi connectivity index (χ0n) is 29.8. The lowest BCUT2D eigenvalue weighted by Gasteiger charge is -2.32. The van der Waals surface area contributed by atoms with Crippen LogP contribution < -0.4 is 19.6 Å². The second-order valence-electron chi connectivity index (χ2n) is 13.8. The van der Waals surface area contributed by atoms with E-state index in [0.717, 1.165) is 40.3 Å². The lowest BCUT2D eigenvalue weighted by atomic mass is 9.89. The van der Waals surface area contributed by atoms with Crippen molar-refractivity contribution in [3.8, 4) is 22.6 Å². The number of ether oxygens (including phenoxy) is 1. The Labute approximate surface area is 307 Å². The van der Waals surface area contributed by atoms with Crippen molar-refractivity contribution >= 4 is 44.4 Å². The van der Waals surface area contributed by atoms with Crippen LogP contribution in [0.1, 0.15) is 51.3 Å². The van der Waals surface area contributed by atoms with E-state index < -0.39 is 15.6 Å². The van der Waals surface area contributed by atoms with Gasteiger partial charge in [0.2, 0.25) is 0 Å². The molecule has 2 heterocycles. The van der Waals surface area contributed by atoms with E-state index >= 15 is 0 Å². The normalized spacial score (nSPS) is 15.7. The first-order valence-corrected chi connectivity index (χ1v) is 19.2. The van der Waals surface area contributed by atoms with E-state index in [4.69, 9.17) is 4.74 Å². The number of methoxy groups -OCH3 is 1. The first-order valence-electron chi connectivity index (χ1n) is 16.6. The van der Waals surface area contributed by atoms with E-state index in [-0.39, 0.29) is 22.6 Å². The first-order chi connectivity index (χ1) is 24.4. The van der Waals surface area contributed by atoms with Crippen LogP contribution in [0.2, 0.25) is 0 Å². The lowest BCUT2D eigenvalue weighted by molar-refractivity contribution is -0.0500. The van der Waals surface area contributed by atoms with Gasteiger partial charge in [-0.05, 0) is 118 Å². The molecule has 2 N–H and O–H groups in total. The van der Waals surface area contributed by atoms with Gasteiger partial charge < -0.3 is 19.6 Å². The SMILES string of the molecule is CC1=CC(C)(C)Nc2ccc(OS(=O)(=O)C(F)(F)F)cc21.COc1ccc(F)cc1-c1ccc2c(c1)C(CSCCc1ccccc1)=CC(C)(C)N2. The van der Waals surface area contributed by atoms with Crippen LogP contribution >= 0.6 is 11.8 Å². The average Bonchev–Trinajstić information content (AvgIpc) is 3.06. The fraction of sp³-hybridized carbons (Fsp3) is 0.300. The number of halogens is 4. The topological polar surface area (TPSA) is 76.7 Å². The third kappa shape index (κ3) is 9.51. The van der Waals surface area contributed by atoms with Gasteiger partial charge in [0.25, 0.3) is 0 Å². The van der Waals surface area contributed by atoms with Crippen LogP contribution in [0.4, 0.5) is 28.9 Å². The molecule has 6 nitrogen and oxygen atoms in total. The van der Waals surface area contributed by atoms with E-state index in [9.17, 15) is 26.0 Å². The van der Waals surface area contributed by atoms with Crippen molar-refractivity contribution in [2.75, 3.05) is 29.2 Å². The number of allylic oxidation sites excluding steroid dienone is 1. The van der Waals surface area contributed by atoms with Crippen molar-refractivity contribution in [3.05, 3.63) is 120 Å². The van der Waals surface area contributed by atoms with Gasteiger partial charge in [-0.3, -0.25) is 0 Å². The molecule has 0 amide bonds. The standard InChI is InChI=1S/C27H28FNOS.C13H14F3NO3S/c1-27(2)17-21(18-31-14-13-19-7-5-4-6-8-19)23-15-20(9-11-25(23)29-27)24-16-22(28)10-12-26(24)30-3;1-8-7-12(2,3)17-11-5-4-9(6-10(8)11)20-21(18,19)13(14,15)16/h4-12,15-17,29H,13-14,18H2,1-3H3;4-7,17H,1-3H3. The van der Waals surface area contributed by atoms with Crippen molar-refractivity contribution in [2.24, 2.45) is 0 Å². The molecule has 0 bridgehead atoms. The Hall–Kier alpha value is -4.42. The van der Waals surface area contributed by atoms with Gasteiger partial charge in [0.1, 0.15) is 17.3 Å². The minimum Gasteiger partial charge on any atom is -0.496 e. The molecule has 4 aromatic rings.